The van der Waals surface area contributed by atoms with Crippen LogP contribution in [-0.4, -0.2) is 62.6 Å². The number of methoxy groups -OCH3 is 1. The van der Waals surface area contributed by atoms with Gasteiger partial charge in [-0.25, -0.2) is 0 Å². The molecule has 0 aliphatic carbocycles. The number of para-hydroxylation sites is 1. The molecule has 134 valence electrons. The van der Waals surface area contributed by atoms with Gasteiger partial charge in [0.05, 0.1) is 19.7 Å². The van der Waals surface area contributed by atoms with Crippen LogP contribution in [-0.2, 0) is 0 Å². The van der Waals surface area contributed by atoms with Crippen molar-refractivity contribution >= 4 is 29.9 Å². The average Bonchev–Trinajstić information content (AvgIpc) is 3.01. The van der Waals surface area contributed by atoms with E-state index in [0.29, 0.717) is 6.04 Å². The van der Waals surface area contributed by atoms with E-state index in [1.165, 1.54) is 24.8 Å². The second kappa shape index (κ2) is 9.46. The molecule has 2 heterocycles. The molecule has 2 aliphatic heterocycles. The highest BCUT2D eigenvalue weighted by molar-refractivity contribution is 14.0. The number of nitrogens with zero attached hydrogens (tertiary/aromatic N) is 3. The van der Waals surface area contributed by atoms with E-state index in [-0.39, 0.29) is 24.0 Å². The van der Waals surface area contributed by atoms with E-state index in [9.17, 15) is 0 Å². The van der Waals surface area contributed by atoms with Crippen molar-refractivity contribution < 1.29 is 4.74 Å². The molecule has 3 rings (SSSR count). The summed E-state index contributed by atoms with van der Waals surface area (Å²) < 4.78 is 5.61. The van der Waals surface area contributed by atoms with E-state index in [4.69, 9.17) is 4.74 Å². The molecule has 5 nitrogen and oxygen atoms in total. The fraction of sp³-hybridized carbons (Fsp3) is 0.611. The molecule has 0 bridgehead atoms. The van der Waals surface area contributed by atoms with E-state index in [1.54, 1.807) is 7.11 Å². The molecular formula is C18H29IN4O. The lowest BCUT2D eigenvalue weighted by Gasteiger charge is -2.36. The maximum Gasteiger partial charge on any atom is 0.193 e. The predicted octanol–water partition coefficient (Wildman–Crippen LogP) is 2.73. The minimum Gasteiger partial charge on any atom is -0.496 e. The third-order valence-electron chi connectivity index (χ3n) is 4.84. The van der Waals surface area contributed by atoms with Gasteiger partial charge in [-0.1, -0.05) is 24.6 Å². The minimum atomic E-state index is 0. The van der Waals surface area contributed by atoms with Crippen molar-refractivity contribution in [2.75, 3.05) is 46.9 Å². The predicted molar refractivity (Wildman–Crippen MR) is 110 cm³/mol. The van der Waals surface area contributed by atoms with Gasteiger partial charge in [-0.2, -0.15) is 0 Å². The lowest BCUT2D eigenvalue weighted by atomic mass is 10.0. The molecule has 1 aromatic carbocycles. The van der Waals surface area contributed by atoms with E-state index < -0.39 is 0 Å². The smallest absolute Gasteiger partial charge is 0.193 e. The molecule has 1 saturated heterocycles. The van der Waals surface area contributed by atoms with Gasteiger partial charge in [0.2, 0.25) is 0 Å². The Kier molecular flexibility index (Phi) is 7.61. The van der Waals surface area contributed by atoms with Crippen molar-refractivity contribution in [3.05, 3.63) is 29.8 Å². The van der Waals surface area contributed by atoms with Crippen molar-refractivity contribution in [3.63, 3.8) is 0 Å². The number of piperidine rings is 1. The number of nitrogens with one attached hydrogen (secondary N) is 1. The van der Waals surface area contributed by atoms with Crippen LogP contribution in [0, 0.1) is 0 Å². The van der Waals surface area contributed by atoms with Crippen molar-refractivity contribution in [1.82, 2.24) is 15.1 Å². The summed E-state index contributed by atoms with van der Waals surface area (Å²) in [4.78, 5) is 9.33. The number of benzene rings is 1. The highest BCUT2D eigenvalue weighted by Gasteiger charge is 2.25. The number of ether oxygens (including phenoxy) is 1. The largest absolute Gasteiger partial charge is 0.496 e. The molecule has 0 aromatic heterocycles. The first-order chi connectivity index (χ1) is 11.3. The zero-order chi connectivity index (χ0) is 16.1. The summed E-state index contributed by atoms with van der Waals surface area (Å²) in [6, 6.07) is 8.72. The topological polar surface area (TPSA) is 40.1 Å². The van der Waals surface area contributed by atoms with Gasteiger partial charge in [0.1, 0.15) is 5.75 Å². The van der Waals surface area contributed by atoms with Crippen molar-refractivity contribution in [2.24, 2.45) is 4.99 Å². The molecular weight excluding hydrogens is 415 g/mol. The number of aliphatic imine (C=N–C) groups is 1. The maximum atomic E-state index is 5.61. The summed E-state index contributed by atoms with van der Waals surface area (Å²) in [5, 5.41) is 3.56. The highest BCUT2D eigenvalue weighted by atomic mass is 127. The maximum absolute atomic E-state index is 5.61. The Morgan fingerprint density at radius 3 is 2.58 bits per heavy atom. The molecule has 6 heteroatoms. The summed E-state index contributed by atoms with van der Waals surface area (Å²) in [7, 11) is 3.85. The van der Waals surface area contributed by atoms with Crippen LogP contribution in [0.15, 0.2) is 29.3 Å². The molecule has 24 heavy (non-hydrogen) atoms. The van der Waals surface area contributed by atoms with Crippen LogP contribution in [0.3, 0.4) is 0 Å². The van der Waals surface area contributed by atoms with Crippen LogP contribution >= 0.6 is 24.0 Å². The molecule has 1 atom stereocenters. The first-order valence-electron chi connectivity index (χ1n) is 8.66. The number of rotatable bonds is 5. The van der Waals surface area contributed by atoms with Gasteiger partial charge >= 0.3 is 0 Å². The van der Waals surface area contributed by atoms with Crippen LogP contribution < -0.4 is 10.1 Å². The first kappa shape index (κ1) is 19.3. The van der Waals surface area contributed by atoms with Crippen LogP contribution in [0.2, 0.25) is 0 Å². The Morgan fingerprint density at radius 2 is 1.92 bits per heavy atom. The van der Waals surface area contributed by atoms with E-state index >= 15 is 0 Å². The lowest BCUT2D eigenvalue weighted by molar-refractivity contribution is 0.161. The standard InChI is InChI=1S/C18H28N4O.HI/c1-21-13-10-19-18(21)20-14-16(22-11-6-3-7-12-22)15-8-4-5-9-17(15)23-2;/h4-5,8-9,16H,3,6-7,10-14H2,1-2H3,(H,19,20);1H. The summed E-state index contributed by atoms with van der Waals surface area (Å²) >= 11 is 0. The highest BCUT2D eigenvalue weighted by Crippen LogP contribution is 2.30. The Hall–Kier alpha value is -1.02. The summed E-state index contributed by atoms with van der Waals surface area (Å²) in [6.45, 7) is 5.08. The number of hydrogen-bond acceptors (Lipinski definition) is 5. The molecule has 1 unspecified atom stereocenters. The van der Waals surface area contributed by atoms with Gasteiger partial charge < -0.3 is 15.0 Å². The molecule has 0 spiro atoms. The van der Waals surface area contributed by atoms with E-state index in [2.05, 4.69) is 45.4 Å². The lowest BCUT2D eigenvalue weighted by Crippen LogP contribution is -2.43. The van der Waals surface area contributed by atoms with Gasteiger partial charge in [-0.15, -0.1) is 24.0 Å². The molecule has 1 N–H and O–H groups in total. The quantitative estimate of drug-likeness (QED) is 0.710. The van der Waals surface area contributed by atoms with Crippen molar-refractivity contribution in [3.8, 4) is 5.75 Å². The minimum absolute atomic E-state index is 0. The fourth-order valence-corrected chi connectivity index (χ4v) is 3.52. The zero-order valence-electron chi connectivity index (χ0n) is 14.7. The Bertz CT molecular complexity index is 546. The van der Waals surface area contributed by atoms with Gasteiger partial charge in [0, 0.05) is 25.7 Å². The summed E-state index contributed by atoms with van der Waals surface area (Å²) in [5.41, 5.74) is 1.27. The van der Waals surface area contributed by atoms with E-state index in [0.717, 1.165) is 44.4 Å². The molecule has 1 aromatic rings. The summed E-state index contributed by atoms with van der Waals surface area (Å²) in [5.74, 6) is 1.99. The third kappa shape index (κ3) is 4.53. The van der Waals surface area contributed by atoms with Gasteiger partial charge in [0.25, 0.3) is 0 Å². The molecule has 1 fully saturated rings. The van der Waals surface area contributed by atoms with Crippen LogP contribution in [0.5, 0.6) is 5.75 Å². The van der Waals surface area contributed by atoms with Crippen LogP contribution in [0.25, 0.3) is 0 Å². The Labute approximate surface area is 162 Å². The van der Waals surface area contributed by atoms with Gasteiger partial charge in [-0.05, 0) is 32.0 Å². The molecule has 0 saturated carbocycles. The van der Waals surface area contributed by atoms with Gasteiger partial charge in [-0.3, -0.25) is 9.89 Å². The Balaban J connectivity index is 0.00000208. The van der Waals surface area contributed by atoms with E-state index in [1.807, 2.05) is 6.07 Å². The number of hydrogen-bond donors (Lipinski definition) is 1. The number of guanidine groups is 1. The van der Waals surface area contributed by atoms with Crippen LogP contribution in [0.4, 0.5) is 0 Å². The second-order valence-electron chi connectivity index (χ2n) is 6.36. The average molecular weight is 444 g/mol. The first-order valence-corrected chi connectivity index (χ1v) is 8.66. The SMILES string of the molecule is COc1ccccc1C(CNC1=NCCN1C)N1CCCCC1.I. The second-order valence-corrected chi connectivity index (χ2v) is 6.36. The molecule has 0 amide bonds. The molecule has 2 aliphatic rings. The van der Waals surface area contributed by atoms with Crippen molar-refractivity contribution in [1.29, 1.82) is 0 Å². The zero-order valence-corrected chi connectivity index (χ0v) is 17.0. The van der Waals surface area contributed by atoms with Gasteiger partial charge in [0.15, 0.2) is 5.96 Å². The number of likely N-dealkylation sites (N-methyl/N-ethyl adjacent to an activating group) is 1. The number of halogens is 1. The van der Waals surface area contributed by atoms with Crippen LogP contribution in [0.1, 0.15) is 30.9 Å². The summed E-state index contributed by atoms with van der Waals surface area (Å²) in [6.07, 6.45) is 3.91. The molecule has 0 radical (unpaired) electrons. The monoisotopic (exact) mass is 444 g/mol. The Morgan fingerprint density at radius 1 is 1.17 bits per heavy atom. The number of likely N-dealkylation sites (tertiary alicyclic amines) is 1. The normalized spacial score (nSPS) is 19.4. The fourth-order valence-electron chi connectivity index (χ4n) is 3.52. The van der Waals surface area contributed by atoms with Crippen molar-refractivity contribution in [2.45, 2.75) is 25.3 Å². The third-order valence-corrected chi connectivity index (χ3v) is 4.84.